The van der Waals surface area contributed by atoms with Gasteiger partial charge in [0.25, 0.3) is 0 Å². The molecule has 0 aliphatic heterocycles. The van der Waals surface area contributed by atoms with Crippen molar-refractivity contribution in [1.29, 1.82) is 0 Å². The molecular weight excluding hydrogens is 613 g/mol. The summed E-state index contributed by atoms with van der Waals surface area (Å²) in [6.45, 7) is 0. The van der Waals surface area contributed by atoms with Gasteiger partial charge in [-0.2, -0.15) is 0 Å². The van der Waals surface area contributed by atoms with Crippen molar-refractivity contribution in [2.75, 3.05) is 0 Å². The number of furan rings is 2. The first-order valence-electron chi connectivity index (χ1n) is 26.8. The SMILES string of the molecule is [2H]c1c([2H])c([2H])c(-c2c([2H])c([2H])c(-c3ccc4oc5c(-c6c([2H])c([2H])c([2H])c(-c7c([2H])c([2H])c([2H])c(-c8c([2H])c([2H])c([2H])c9c8oc8c([2H])c([2H])c([2H])c([2H])c89)c7[2H])c6[2H])ncnc5c4c3)c([2H])c2[2H])c([2H])c1[2H]. The Morgan fingerprint density at radius 3 is 1.88 bits per heavy atom. The van der Waals surface area contributed by atoms with Gasteiger partial charge in [0.1, 0.15) is 34.3 Å². The molecular formula is C46H28N2O2. The van der Waals surface area contributed by atoms with Crippen molar-refractivity contribution >= 4 is 44.0 Å². The lowest BCUT2D eigenvalue weighted by molar-refractivity contribution is 0.667. The van der Waals surface area contributed by atoms with Gasteiger partial charge >= 0.3 is 0 Å². The smallest absolute Gasteiger partial charge is 0.180 e. The van der Waals surface area contributed by atoms with Gasteiger partial charge < -0.3 is 8.83 Å². The Labute approximate surface area is 321 Å². The van der Waals surface area contributed by atoms with E-state index in [1.54, 1.807) is 0 Å². The molecule has 0 saturated heterocycles. The van der Waals surface area contributed by atoms with Gasteiger partial charge in [0.15, 0.2) is 5.58 Å². The number of fused-ring (bicyclic) bond motifs is 6. The van der Waals surface area contributed by atoms with Gasteiger partial charge in [-0.3, -0.25) is 0 Å². The second kappa shape index (κ2) is 11.4. The summed E-state index contributed by atoms with van der Waals surface area (Å²) >= 11 is 0. The van der Waals surface area contributed by atoms with Crippen LogP contribution in [0.2, 0.25) is 0 Å². The van der Waals surface area contributed by atoms with Gasteiger partial charge in [-0.25, -0.2) is 9.97 Å². The Morgan fingerprint density at radius 2 is 1.04 bits per heavy atom. The van der Waals surface area contributed by atoms with E-state index in [0.29, 0.717) is 0 Å². The average Bonchev–Trinajstić information content (AvgIpc) is 3.96. The van der Waals surface area contributed by atoms with Crippen molar-refractivity contribution in [2.45, 2.75) is 0 Å². The van der Waals surface area contributed by atoms with Crippen molar-refractivity contribution in [3.05, 3.63) is 170 Å². The molecule has 0 aliphatic carbocycles. The third kappa shape index (κ3) is 4.69. The molecule has 3 heterocycles. The molecule has 0 atom stereocenters. The number of hydrogen-bond acceptors (Lipinski definition) is 4. The highest BCUT2D eigenvalue weighted by molar-refractivity contribution is 6.10. The third-order valence-electron chi connectivity index (χ3n) is 7.84. The summed E-state index contributed by atoms with van der Waals surface area (Å²) in [7, 11) is 0. The molecule has 0 radical (unpaired) electrons. The minimum Gasteiger partial charge on any atom is -0.455 e. The van der Waals surface area contributed by atoms with Crippen LogP contribution in [-0.4, -0.2) is 9.97 Å². The fourth-order valence-electron chi connectivity index (χ4n) is 5.55. The summed E-state index contributed by atoms with van der Waals surface area (Å²) in [6.07, 6.45) is 1.02. The zero-order valence-electron chi connectivity index (χ0n) is 49.0. The van der Waals surface area contributed by atoms with E-state index in [4.69, 9.17) is 39.0 Å². The predicted molar refractivity (Wildman–Crippen MR) is 204 cm³/mol. The minimum atomic E-state index is -0.926. The van der Waals surface area contributed by atoms with Crippen LogP contribution in [0.4, 0.5) is 0 Å². The predicted octanol–water partition coefficient (Wildman–Crippen LogP) is 12.6. The topological polar surface area (TPSA) is 52.1 Å². The Balaban J connectivity index is 1.19. The van der Waals surface area contributed by atoms with Gasteiger partial charge in [-0.15, -0.1) is 0 Å². The number of rotatable bonds is 5. The lowest BCUT2D eigenvalue weighted by Crippen LogP contribution is -1.88. The van der Waals surface area contributed by atoms with Crippen LogP contribution in [0.25, 0.3) is 99.8 Å². The maximum Gasteiger partial charge on any atom is 0.180 e. The molecule has 0 saturated carbocycles. The first-order chi connectivity index (χ1) is 34.8. The van der Waals surface area contributed by atoms with E-state index < -0.39 is 195 Å². The molecule has 50 heavy (non-hydrogen) atoms. The number of aromatic nitrogens is 2. The third-order valence-corrected chi connectivity index (χ3v) is 7.84. The summed E-state index contributed by atoms with van der Waals surface area (Å²) < 4.78 is 222. The molecule has 4 heteroatoms. The molecule has 10 rings (SSSR count). The van der Waals surface area contributed by atoms with Crippen molar-refractivity contribution in [3.8, 4) is 55.8 Å². The Hall–Kier alpha value is -6.78. The van der Waals surface area contributed by atoms with Crippen LogP contribution in [0.15, 0.2) is 178 Å². The molecule has 0 N–H and O–H groups in total. The highest BCUT2D eigenvalue weighted by Gasteiger charge is 2.17. The monoisotopic (exact) mass is 664 g/mol. The van der Waals surface area contributed by atoms with E-state index in [-0.39, 0.29) is 49.7 Å². The molecule has 3 aromatic heterocycles. The van der Waals surface area contributed by atoms with E-state index in [0.717, 1.165) is 6.33 Å². The highest BCUT2D eigenvalue weighted by Crippen LogP contribution is 2.39. The van der Waals surface area contributed by atoms with Crippen molar-refractivity contribution in [2.24, 2.45) is 0 Å². The molecule has 234 valence electrons. The number of para-hydroxylation sites is 2. The van der Waals surface area contributed by atoms with E-state index in [1.165, 1.54) is 18.2 Å². The van der Waals surface area contributed by atoms with Crippen LogP contribution in [0.5, 0.6) is 0 Å². The second-order valence-electron chi connectivity index (χ2n) is 10.7. The number of benzene rings is 7. The molecule has 4 nitrogen and oxygen atoms in total. The molecule has 0 spiro atoms. The quantitative estimate of drug-likeness (QED) is 0.184. The summed E-state index contributed by atoms with van der Waals surface area (Å²) in [6, 6.07) is -14.1. The standard InChI is InChI=1S/C46H28N2O2/c1-2-9-29(10-3-1)30-19-21-31(22-20-30)34-23-24-42-40(27-34)44-46(50-42)43(47-28-48-44)36-14-7-12-33(26-36)32-11-6-13-35(25-32)37-16-8-17-39-38-15-4-5-18-41(38)49-45(37)39/h1-28H/i1D,2D,3D,4D,5D,6D,7D,8D,9D,10D,11D,12D,13D,14D,15D,16D,17D,18D,19D,20D,21D,22D,25D,26D. The van der Waals surface area contributed by atoms with Crippen LogP contribution >= 0.6 is 0 Å². The van der Waals surface area contributed by atoms with Crippen LogP contribution in [0, 0.1) is 0 Å². The first kappa shape index (κ1) is 13.3. The van der Waals surface area contributed by atoms with Gasteiger partial charge in [-0.1, -0.05) is 133 Å². The maximum atomic E-state index is 9.55. The molecule has 0 bridgehead atoms. The van der Waals surface area contributed by atoms with Crippen molar-refractivity contribution in [1.82, 2.24) is 9.97 Å². The molecule has 0 amide bonds. The fourth-order valence-corrected chi connectivity index (χ4v) is 5.55. The number of nitrogens with zero attached hydrogens (tertiary/aromatic N) is 2. The maximum absolute atomic E-state index is 9.55. The fraction of sp³-hybridized carbons (Fsp3) is 0. The Kier molecular flexibility index (Phi) is 3.03. The second-order valence-corrected chi connectivity index (χ2v) is 10.7. The molecule has 0 unspecified atom stereocenters. The number of hydrogen-bond donors (Lipinski definition) is 0. The molecule has 7 aromatic carbocycles. The van der Waals surface area contributed by atoms with E-state index in [1.807, 2.05) is 0 Å². The van der Waals surface area contributed by atoms with E-state index in [2.05, 4.69) is 9.97 Å². The minimum absolute atomic E-state index is 0.0000455. The van der Waals surface area contributed by atoms with E-state index in [9.17, 15) is 2.74 Å². The summed E-state index contributed by atoms with van der Waals surface area (Å²) in [4.78, 5) is 8.64. The molecule has 0 aliphatic rings. The van der Waals surface area contributed by atoms with Crippen molar-refractivity contribution < 1.29 is 41.7 Å². The van der Waals surface area contributed by atoms with Crippen LogP contribution in [0.3, 0.4) is 0 Å². The van der Waals surface area contributed by atoms with Crippen LogP contribution in [0.1, 0.15) is 32.9 Å². The Morgan fingerprint density at radius 1 is 0.420 bits per heavy atom. The zero-order valence-corrected chi connectivity index (χ0v) is 25.0. The van der Waals surface area contributed by atoms with Gasteiger partial charge in [0.2, 0.25) is 0 Å². The summed E-state index contributed by atoms with van der Waals surface area (Å²) in [5, 5.41) is -0.536. The van der Waals surface area contributed by atoms with Gasteiger partial charge in [0.05, 0.1) is 32.9 Å². The van der Waals surface area contributed by atoms with Crippen molar-refractivity contribution in [3.63, 3.8) is 0 Å². The summed E-state index contributed by atoms with van der Waals surface area (Å²) in [5.41, 5.74) is -5.79. The largest absolute Gasteiger partial charge is 0.455 e. The normalized spacial score (nSPS) is 18.3. The lowest BCUT2D eigenvalue weighted by atomic mass is 9.96. The van der Waals surface area contributed by atoms with E-state index >= 15 is 0 Å². The van der Waals surface area contributed by atoms with Gasteiger partial charge in [0, 0.05) is 27.3 Å². The molecule has 10 aromatic rings. The Bertz CT molecular complexity index is 4200. The average molecular weight is 665 g/mol. The van der Waals surface area contributed by atoms with Gasteiger partial charge in [-0.05, 0) is 69.2 Å². The summed E-state index contributed by atoms with van der Waals surface area (Å²) in [5.74, 6) is 0. The highest BCUT2D eigenvalue weighted by atomic mass is 16.3. The van der Waals surface area contributed by atoms with Crippen LogP contribution < -0.4 is 0 Å². The lowest BCUT2D eigenvalue weighted by Gasteiger charge is -2.09. The first-order valence-corrected chi connectivity index (χ1v) is 14.8. The molecule has 0 fully saturated rings. The zero-order chi connectivity index (χ0) is 53.9. The van der Waals surface area contributed by atoms with Crippen LogP contribution in [-0.2, 0) is 0 Å².